The lowest BCUT2D eigenvalue weighted by atomic mass is 10.1. The van der Waals surface area contributed by atoms with Crippen molar-refractivity contribution in [1.29, 1.82) is 0 Å². The van der Waals surface area contributed by atoms with E-state index in [1.54, 1.807) is 36.1 Å². The van der Waals surface area contributed by atoms with Crippen molar-refractivity contribution in [3.63, 3.8) is 0 Å². The van der Waals surface area contributed by atoms with Crippen LogP contribution in [-0.4, -0.2) is 27.2 Å². The average molecular weight is 296 g/mol. The third kappa shape index (κ3) is 2.51. The van der Waals surface area contributed by atoms with Crippen LogP contribution in [0, 0.1) is 0 Å². The molecule has 0 saturated heterocycles. The van der Waals surface area contributed by atoms with E-state index in [0.29, 0.717) is 12.2 Å². The van der Waals surface area contributed by atoms with Gasteiger partial charge in [0.1, 0.15) is 17.2 Å². The molecule has 0 radical (unpaired) electrons. The van der Waals surface area contributed by atoms with Gasteiger partial charge < -0.3 is 15.6 Å². The van der Waals surface area contributed by atoms with Crippen molar-refractivity contribution < 1.29 is 9.84 Å². The molecule has 6 nitrogen and oxygen atoms in total. The molecule has 0 fully saturated rings. The lowest BCUT2D eigenvalue weighted by molar-refractivity contribution is 0.415. The summed E-state index contributed by atoms with van der Waals surface area (Å²) in [5, 5.41) is 17.7. The molecule has 0 aliphatic heterocycles. The van der Waals surface area contributed by atoms with Gasteiger partial charge in [-0.1, -0.05) is 5.21 Å². The maximum absolute atomic E-state index is 9.42. The van der Waals surface area contributed by atoms with Gasteiger partial charge in [-0.3, -0.25) is 0 Å². The number of benzene rings is 2. The molecule has 0 aliphatic carbocycles. The van der Waals surface area contributed by atoms with E-state index in [4.69, 9.17) is 10.5 Å². The highest BCUT2D eigenvalue weighted by atomic mass is 16.5. The second kappa shape index (κ2) is 5.87. The third-order valence-corrected chi connectivity index (χ3v) is 3.39. The molecule has 2 aromatic carbocycles. The van der Waals surface area contributed by atoms with E-state index < -0.39 is 0 Å². The van der Waals surface area contributed by atoms with Gasteiger partial charge in [-0.05, 0) is 48.5 Å². The lowest BCUT2D eigenvalue weighted by Gasteiger charge is -2.09. The Balaban J connectivity index is 2.12. The minimum atomic E-state index is 0.203. The molecule has 6 heteroatoms. The van der Waals surface area contributed by atoms with Gasteiger partial charge in [0.15, 0.2) is 0 Å². The molecular weight excluding hydrogens is 280 g/mol. The number of phenolic OH excluding ortho intramolecular Hbond substituents is 1. The first kappa shape index (κ1) is 14.1. The number of hydrogen-bond acceptors (Lipinski definition) is 5. The SMILES string of the molecule is COc1ccc(-c2c(CN)nnn2-c2ccc(O)cc2)cc1. The molecule has 112 valence electrons. The Labute approximate surface area is 127 Å². The number of hydrogen-bond donors (Lipinski definition) is 2. The lowest BCUT2D eigenvalue weighted by Crippen LogP contribution is -2.02. The summed E-state index contributed by atoms with van der Waals surface area (Å²) < 4.78 is 6.89. The maximum Gasteiger partial charge on any atom is 0.118 e. The van der Waals surface area contributed by atoms with Crippen LogP contribution in [0.5, 0.6) is 11.5 Å². The van der Waals surface area contributed by atoms with Gasteiger partial charge in [0.25, 0.3) is 0 Å². The Kier molecular flexibility index (Phi) is 3.76. The fourth-order valence-corrected chi connectivity index (χ4v) is 2.26. The summed E-state index contributed by atoms with van der Waals surface area (Å²) >= 11 is 0. The van der Waals surface area contributed by atoms with Crippen molar-refractivity contribution >= 4 is 0 Å². The van der Waals surface area contributed by atoms with E-state index in [1.165, 1.54) is 0 Å². The summed E-state index contributed by atoms with van der Waals surface area (Å²) in [7, 11) is 1.63. The zero-order valence-corrected chi connectivity index (χ0v) is 12.1. The number of phenols is 1. The second-order valence-electron chi connectivity index (χ2n) is 4.75. The fourth-order valence-electron chi connectivity index (χ4n) is 2.26. The second-order valence-corrected chi connectivity index (χ2v) is 4.75. The molecule has 1 heterocycles. The van der Waals surface area contributed by atoms with E-state index in [-0.39, 0.29) is 5.75 Å². The van der Waals surface area contributed by atoms with Gasteiger partial charge in [0.05, 0.1) is 18.5 Å². The van der Waals surface area contributed by atoms with Crippen molar-refractivity contribution in [1.82, 2.24) is 15.0 Å². The van der Waals surface area contributed by atoms with Gasteiger partial charge in [-0.2, -0.15) is 0 Å². The van der Waals surface area contributed by atoms with Crippen LogP contribution in [0.25, 0.3) is 16.9 Å². The molecule has 3 aromatic rings. The van der Waals surface area contributed by atoms with Gasteiger partial charge >= 0.3 is 0 Å². The monoisotopic (exact) mass is 296 g/mol. The Bertz CT molecular complexity index is 764. The van der Waals surface area contributed by atoms with Crippen LogP contribution < -0.4 is 10.5 Å². The number of aromatic hydroxyl groups is 1. The smallest absolute Gasteiger partial charge is 0.118 e. The van der Waals surface area contributed by atoms with E-state index in [2.05, 4.69) is 10.3 Å². The first-order valence-electron chi connectivity index (χ1n) is 6.81. The Morgan fingerprint density at radius 3 is 2.36 bits per heavy atom. The van der Waals surface area contributed by atoms with Crippen LogP contribution >= 0.6 is 0 Å². The molecule has 1 aromatic heterocycles. The summed E-state index contributed by atoms with van der Waals surface area (Å²) in [6.45, 7) is 0.291. The summed E-state index contributed by atoms with van der Waals surface area (Å²) in [5.74, 6) is 0.982. The number of methoxy groups -OCH3 is 1. The minimum absolute atomic E-state index is 0.203. The van der Waals surface area contributed by atoms with Gasteiger partial charge in [-0.15, -0.1) is 5.10 Å². The molecule has 0 bridgehead atoms. The Morgan fingerprint density at radius 2 is 1.77 bits per heavy atom. The van der Waals surface area contributed by atoms with Crippen LogP contribution in [0.2, 0.25) is 0 Å². The number of ether oxygens (including phenoxy) is 1. The largest absolute Gasteiger partial charge is 0.508 e. The maximum atomic E-state index is 9.42. The van der Waals surface area contributed by atoms with E-state index in [9.17, 15) is 5.11 Å². The molecule has 3 rings (SSSR count). The van der Waals surface area contributed by atoms with Crippen LogP contribution in [0.3, 0.4) is 0 Å². The Hall–Kier alpha value is -2.86. The van der Waals surface area contributed by atoms with E-state index in [0.717, 1.165) is 22.7 Å². The van der Waals surface area contributed by atoms with Gasteiger partial charge in [0.2, 0.25) is 0 Å². The quantitative estimate of drug-likeness (QED) is 0.770. The molecule has 3 N–H and O–H groups in total. The highest BCUT2D eigenvalue weighted by molar-refractivity contribution is 5.65. The summed E-state index contributed by atoms with van der Waals surface area (Å²) in [6, 6.07) is 14.4. The van der Waals surface area contributed by atoms with E-state index >= 15 is 0 Å². The summed E-state index contributed by atoms with van der Waals surface area (Å²) in [6.07, 6.45) is 0. The molecule has 0 saturated carbocycles. The molecule has 0 aliphatic rings. The summed E-state index contributed by atoms with van der Waals surface area (Å²) in [5.41, 5.74) is 9.06. The summed E-state index contributed by atoms with van der Waals surface area (Å²) in [4.78, 5) is 0. The van der Waals surface area contributed by atoms with Crippen LogP contribution in [0.1, 0.15) is 5.69 Å². The number of rotatable bonds is 4. The van der Waals surface area contributed by atoms with E-state index in [1.807, 2.05) is 24.3 Å². The van der Waals surface area contributed by atoms with Crippen molar-refractivity contribution in [3.8, 4) is 28.4 Å². The average Bonchev–Trinajstić information content (AvgIpc) is 2.99. The normalized spacial score (nSPS) is 10.6. The first-order valence-corrected chi connectivity index (χ1v) is 6.81. The molecular formula is C16H16N4O2. The van der Waals surface area contributed by atoms with Crippen LogP contribution in [-0.2, 0) is 6.54 Å². The zero-order chi connectivity index (χ0) is 15.5. The highest BCUT2D eigenvalue weighted by Gasteiger charge is 2.15. The third-order valence-electron chi connectivity index (χ3n) is 3.39. The molecule has 0 atom stereocenters. The topological polar surface area (TPSA) is 86.2 Å². The zero-order valence-electron chi connectivity index (χ0n) is 12.1. The first-order chi connectivity index (χ1) is 10.7. The van der Waals surface area contributed by atoms with Crippen molar-refractivity contribution in [3.05, 3.63) is 54.2 Å². The Morgan fingerprint density at radius 1 is 1.09 bits per heavy atom. The minimum Gasteiger partial charge on any atom is -0.508 e. The molecule has 0 unspecified atom stereocenters. The number of nitrogens with zero attached hydrogens (tertiary/aromatic N) is 3. The number of nitrogens with two attached hydrogens (primary N) is 1. The predicted molar refractivity (Wildman–Crippen MR) is 82.9 cm³/mol. The van der Waals surface area contributed by atoms with Crippen molar-refractivity contribution in [2.75, 3.05) is 7.11 Å². The van der Waals surface area contributed by atoms with Gasteiger partial charge in [-0.25, -0.2) is 4.68 Å². The van der Waals surface area contributed by atoms with Crippen molar-refractivity contribution in [2.24, 2.45) is 5.73 Å². The highest BCUT2D eigenvalue weighted by Crippen LogP contribution is 2.27. The van der Waals surface area contributed by atoms with Crippen LogP contribution in [0.15, 0.2) is 48.5 Å². The fraction of sp³-hybridized carbons (Fsp3) is 0.125. The van der Waals surface area contributed by atoms with Crippen LogP contribution in [0.4, 0.5) is 0 Å². The van der Waals surface area contributed by atoms with Crippen molar-refractivity contribution in [2.45, 2.75) is 6.54 Å². The predicted octanol–water partition coefficient (Wildman–Crippen LogP) is 2.11. The van der Waals surface area contributed by atoms with Gasteiger partial charge in [0, 0.05) is 12.1 Å². The standard InChI is InChI=1S/C16H16N4O2/c1-22-14-8-2-11(3-9-14)16-15(10-17)18-19-20(16)12-4-6-13(21)7-5-12/h2-9,21H,10,17H2,1H3. The molecule has 0 amide bonds. The molecule has 22 heavy (non-hydrogen) atoms. The number of aromatic nitrogens is 3. The molecule has 0 spiro atoms.